The third kappa shape index (κ3) is 2.77. The van der Waals surface area contributed by atoms with E-state index in [0.717, 1.165) is 33.1 Å². The average Bonchev–Trinajstić information content (AvgIpc) is 3.12. The monoisotopic (exact) mass is 352 g/mol. The number of hydrogen-bond donors (Lipinski definition) is 2. The number of anilines is 2. The molecule has 0 fully saturated rings. The van der Waals surface area contributed by atoms with E-state index in [0.29, 0.717) is 17.5 Å². The van der Waals surface area contributed by atoms with Crippen LogP contribution >= 0.6 is 0 Å². The van der Waals surface area contributed by atoms with Crippen LogP contribution in [-0.4, -0.2) is 25.1 Å². The van der Waals surface area contributed by atoms with Crippen molar-refractivity contribution < 1.29 is 0 Å². The topological polar surface area (TPSA) is 79.4 Å². The first-order valence-electron chi connectivity index (χ1n) is 8.68. The molecule has 0 saturated carbocycles. The number of H-pyrrole nitrogens is 1. The van der Waals surface area contributed by atoms with Gasteiger partial charge in [0, 0.05) is 28.7 Å². The molecule has 0 amide bonds. The lowest BCUT2D eigenvalue weighted by atomic mass is 10.1. The first kappa shape index (κ1) is 15.5. The lowest BCUT2D eigenvalue weighted by molar-refractivity contribution is 1.05. The summed E-state index contributed by atoms with van der Waals surface area (Å²) < 4.78 is 0. The van der Waals surface area contributed by atoms with Crippen molar-refractivity contribution in [1.29, 1.82) is 0 Å². The van der Waals surface area contributed by atoms with Gasteiger partial charge in [-0.3, -0.25) is 10.1 Å². The highest BCUT2D eigenvalue weighted by molar-refractivity contribution is 5.96. The summed E-state index contributed by atoms with van der Waals surface area (Å²) in [6.45, 7) is 1.96. The lowest BCUT2D eigenvalue weighted by Crippen LogP contribution is -2.01. The Labute approximate surface area is 155 Å². The van der Waals surface area contributed by atoms with Gasteiger partial charge in [0.05, 0.1) is 5.52 Å². The van der Waals surface area contributed by atoms with Gasteiger partial charge in [-0.15, -0.1) is 0 Å². The molecule has 2 aromatic carbocycles. The van der Waals surface area contributed by atoms with Crippen LogP contribution in [0.25, 0.3) is 33.2 Å². The first-order chi connectivity index (χ1) is 13.3. The molecule has 5 aromatic rings. The van der Waals surface area contributed by atoms with Crippen LogP contribution in [0, 0.1) is 6.92 Å². The molecule has 5 rings (SSSR count). The quantitative estimate of drug-likeness (QED) is 0.495. The van der Waals surface area contributed by atoms with Gasteiger partial charge >= 0.3 is 0 Å². The number of para-hydroxylation sites is 1. The van der Waals surface area contributed by atoms with E-state index < -0.39 is 0 Å². The third-order valence-electron chi connectivity index (χ3n) is 4.44. The van der Waals surface area contributed by atoms with E-state index in [1.165, 1.54) is 0 Å². The van der Waals surface area contributed by atoms with E-state index in [-0.39, 0.29) is 0 Å². The highest BCUT2D eigenvalue weighted by Crippen LogP contribution is 2.29. The molecule has 0 atom stereocenters. The second kappa shape index (κ2) is 6.17. The van der Waals surface area contributed by atoms with Crippen molar-refractivity contribution in [2.45, 2.75) is 6.92 Å². The predicted molar refractivity (Wildman–Crippen MR) is 107 cm³/mol. The van der Waals surface area contributed by atoms with Crippen molar-refractivity contribution in [1.82, 2.24) is 25.1 Å². The maximum absolute atomic E-state index is 4.79. The Balaban J connectivity index is 1.73. The van der Waals surface area contributed by atoms with E-state index in [2.05, 4.69) is 26.6 Å². The van der Waals surface area contributed by atoms with Gasteiger partial charge < -0.3 is 5.32 Å². The van der Waals surface area contributed by atoms with Crippen LogP contribution in [0.2, 0.25) is 0 Å². The molecule has 0 unspecified atom stereocenters. The summed E-state index contributed by atoms with van der Waals surface area (Å²) in [6.07, 6.45) is 1.79. The van der Waals surface area contributed by atoms with E-state index in [9.17, 15) is 0 Å². The molecule has 3 heterocycles. The van der Waals surface area contributed by atoms with Crippen LogP contribution in [0.4, 0.5) is 11.6 Å². The number of aryl methyl sites for hydroxylation is 1. The third-order valence-corrected chi connectivity index (χ3v) is 4.44. The van der Waals surface area contributed by atoms with Gasteiger partial charge in [0.2, 0.25) is 0 Å². The largest absolute Gasteiger partial charge is 0.323 e. The van der Waals surface area contributed by atoms with Crippen molar-refractivity contribution in [2.24, 2.45) is 0 Å². The molecule has 27 heavy (non-hydrogen) atoms. The minimum Gasteiger partial charge on any atom is -0.323 e. The Morgan fingerprint density at radius 1 is 0.889 bits per heavy atom. The number of fused-ring (bicyclic) bond motifs is 2. The van der Waals surface area contributed by atoms with Crippen LogP contribution < -0.4 is 5.32 Å². The number of hydrogen-bond acceptors (Lipinski definition) is 5. The Morgan fingerprint density at radius 2 is 1.70 bits per heavy atom. The van der Waals surface area contributed by atoms with Crippen LogP contribution in [0.3, 0.4) is 0 Å². The molecule has 6 nitrogen and oxygen atoms in total. The number of aromatic nitrogens is 5. The van der Waals surface area contributed by atoms with Crippen molar-refractivity contribution in [2.75, 3.05) is 5.32 Å². The Morgan fingerprint density at radius 3 is 2.56 bits per heavy atom. The maximum Gasteiger partial charge on any atom is 0.181 e. The van der Waals surface area contributed by atoms with Gasteiger partial charge in [0.1, 0.15) is 11.5 Å². The maximum atomic E-state index is 4.79. The van der Waals surface area contributed by atoms with Crippen LogP contribution in [0.5, 0.6) is 0 Å². The second-order valence-electron chi connectivity index (χ2n) is 6.35. The number of benzene rings is 2. The summed E-state index contributed by atoms with van der Waals surface area (Å²) in [5, 5.41) is 13.6. The van der Waals surface area contributed by atoms with Crippen molar-refractivity contribution >= 4 is 33.3 Å². The highest BCUT2D eigenvalue weighted by atomic mass is 15.2. The second-order valence-corrected chi connectivity index (χ2v) is 6.35. The van der Waals surface area contributed by atoms with Gasteiger partial charge in [-0.25, -0.2) is 9.97 Å². The molecule has 3 aromatic heterocycles. The fourth-order valence-electron chi connectivity index (χ4n) is 3.18. The summed E-state index contributed by atoms with van der Waals surface area (Å²) in [6, 6.07) is 20.0. The van der Waals surface area contributed by atoms with Crippen molar-refractivity contribution in [3.63, 3.8) is 0 Å². The Hall–Kier alpha value is -3.80. The Kier molecular flexibility index (Phi) is 3.53. The molecule has 6 heteroatoms. The summed E-state index contributed by atoms with van der Waals surface area (Å²) in [5.74, 6) is 2.00. The van der Waals surface area contributed by atoms with Crippen LogP contribution in [-0.2, 0) is 0 Å². The summed E-state index contributed by atoms with van der Waals surface area (Å²) in [7, 11) is 0. The van der Waals surface area contributed by atoms with Gasteiger partial charge in [-0.05, 0) is 30.5 Å². The number of rotatable bonds is 3. The van der Waals surface area contributed by atoms with E-state index in [4.69, 9.17) is 9.97 Å². The van der Waals surface area contributed by atoms with Gasteiger partial charge in [-0.2, -0.15) is 5.10 Å². The standard InChI is InChI=1S/C21H16N6/c1-13-12-18(27-26-13)24-20-16-8-4-5-9-17(16)23-21(25-20)19-15-7-3-2-6-14(15)10-11-22-19/h2-12H,1H3,(H2,23,24,25,26,27). The zero-order chi connectivity index (χ0) is 18.2. The SMILES string of the molecule is Cc1cc(Nc2nc(-c3nccc4ccccc34)nc3ccccc23)n[nH]1. The van der Waals surface area contributed by atoms with E-state index >= 15 is 0 Å². The fraction of sp³-hybridized carbons (Fsp3) is 0.0476. The molecule has 0 bridgehead atoms. The molecular weight excluding hydrogens is 336 g/mol. The van der Waals surface area contributed by atoms with Crippen molar-refractivity contribution in [3.8, 4) is 11.5 Å². The molecule has 0 aliphatic rings. The number of aromatic amines is 1. The normalized spacial score (nSPS) is 11.1. The van der Waals surface area contributed by atoms with Gasteiger partial charge in [0.25, 0.3) is 0 Å². The molecule has 0 saturated heterocycles. The zero-order valence-corrected chi connectivity index (χ0v) is 14.6. The van der Waals surface area contributed by atoms with E-state index in [1.807, 2.05) is 61.5 Å². The first-order valence-corrected chi connectivity index (χ1v) is 8.68. The smallest absolute Gasteiger partial charge is 0.181 e. The number of pyridine rings is 1. The predicted octanol–water partition coefficient (Wildman–Crippen LogP) is 4.62. The fourth-order valence-corrected chi connectivity index (χ4v) is 3.18. The van der Waals surface area contributed by atoms with Crippen LogP contribution in [0.15, 0.2) is 66.9 Å². The molecule has 0 radical (unpaired) electrons. The summed E-state index contributed by atoms with van der Waals surface area (Å²) in [4.78, 5) is 14.1. The Bertz CT molecular complexity index is 1270. The van der Waals surface area contributed by atoms with Gasteiger partial charge in [-0.1, -0.05) is 36.4 Å². The zero-order valence-electron chi connectivity index (χ0n) is 14.6. The minimum atomic E-state index is 0.584. The minimum absolute atomic E-state index is 0.584. The highest BCUT2D eigenvalue weighted by Gasteiger charge is 2.13. The molecule has 2 N–H and O–H groups in total. The molecule has 0 aliphatic carbocycles. The summed E-state index contributed by atoms with van der Waals surface area (Å²) >= 11 is 0. The number of nitrogens with zero attached hydrogens (tertiary/aromatic N) is 4. The van der Waals surface area contributed by atoms with Gasteiger partial charge in [0.15, 0.2) is 11.6 Å². The van der Waals surface area contributed by atoms with E-state index in [1.54, 1.807) is 6.20 Å². The van der Waals surface area contributed by atoms with Crippen LogP contribution in [0.1, 0.15) is 5.69 Å². The number of nitrogens with one attached hydrogen (secondary N) is 2. The molecule has 0 aliphatic heterocycles. The molecular formula is C21H16N6. The lowest BCUT2D eigenvalue weighted by Gasteiger charge is -2.10. The van der Waals surface area contributed by atoms with Crippen molar-refractivity contribution in [3.05, 3.63) is 72.6 Å². The molecule has 0 spiro atoms. The molecule has 130 valence electrons. The average molecular weight is 352 g/mol. The summed E-state index contributed by atoms with van der Waals surface area (Å²) in [5.41, 5.74) is 2.60.